The second-order valence-electron chi connectivity index (χ2n) is 7.80. The van der Waals surface area contributed by atoms with Gasteiger partial charge in [-0.05, 0) is 55.2 Å². The van der Waals surface area contributed by atoms with Gasteiger partial charge in [-0.15, -0.1) is 0 Å². The van der Waals surface area contributed by atoms with Crippen molar-refractivity contribution in [3.8, 4) is 0 Å². The summed E-state index contributed by atoms with van der Waals surface area (Å²) in [6.45, 7) is 3.35. The Hall–Kier alpha value is -3.50. The summed E-state index contributed by atoms with van der Waals surface area (Å²) in [6, 6.07) is 12.3. The lowest BCUT2D eigenvalue weighted by atomic mass is 9.92. The van der Waals surface area contributed by atoms with Crippen molar-refractivity contribution in [1.29, 1.82) is 0 Å². The molecule has 0 spiro atoms. The van der Waals surface area contributed by atoms with Crippen LogP contribution in [0.15, 0.2) is 66.1 Å². The van der Waals surface area contributed by atoms with Crippen LogP contribution < -0.4 is 4.72 Å². The summed E-state index contributed by atoms with van der Waals surface area (Å²) in [6.07, 6.45) is 2.65. The molecule has 8 nitrogen and oxygen atoms in total. The third-order valence-corrected chi connectivity index (χ3v) is 7.08. The van der Waals surface area contributed by atoms with Crippen LogP contribution in [0.3, 0.4) is 0 Å². The SMILES string of the molecule is C=CC(=O)O.O=C(O)CCn1c2c(c3ccccc31)C[C@H](NS(=O)(=O)c1ccc(F)cc1)CC2. The van der Waals surface area contributed by atoms with Gasteiger partial charge >= 0.3 is 11.9 Å². The third-order valence-electron chi connectivity index (χ3n) is 5.54. The molecule has 0 fully saturated rings. The molecule has 4 rings (SSSR count). The summed E-state index contributed by atoms with van der Waals surface area (Å²) in [5.74, 6) is -2.32. The molecule has 1 aliphatic rings. The van der Waals surface area contributed by atoms with Gasteiger partial charge in [0.05, 0.1) is 11.3 Å². The second kappa shape index (κ2) is 10.6. The maximum absolute atomic E-state index is 13.1. The van der Waals surface area contributed by atoms with E-state index in [4.69, 9.17) is 10.2 Å². The molecule has 0 amide bonds. The van der Waals surface area contributed by atoms with Crippen LogP contribution in [-0.4, -0.2) is 41.2 Å². The van der Waals surface area contributed by atoms with Gasteiger partial charge in [-0.2, -0.15) is 0 Å². The van der Waals surface area contributed by atoms with Crippen molar-refractivity contribution in [3.05, 3.63) is 78.3 Å². The fraction of sp³-hybridized carbons (Fsp3) is 0.250. The molecular formula is C24H25FN2O6S. The molecule has 1 atom stereocenters. The van der Waals surface area contributed by atoms with Crippen LogP contribution in [0.25, 0.3) is 10.9 Å². The average Bonchev–Trinajstić information content (AvgIpc) is 3.11. The summed E-state index contributed by atoms with van der Waals surface area (Å²) in [7, 11) is -3.75. The first-order valence-electron chi connectivity index (χ1n) is 10.6. The van der Waals surface area contributed by atoms with Gasteiger partial charge in [0.2, 0.25) is 10.0 Å². The van der Waals surface area contributed by atoms with E-state index in [-0.39, 0.29) is 17.4 Å². The summed E-state index contributed by atoms with van der Waals surface area (Å²) in [4.78, 5) is 20.3. The van der Waals surface area contributed by atoms with Crippen LogP contribution >= 0.6 is 0 Å². The number of halogens is 1. The predicted molar refractivity (Wildman–Crippen MR) is 125 cm³/mol. The molecule has 10 heteroatoms. The van der Waals surface area contributed by atoms with E-state index in [2.05, 4.69) is 11.3 Å². The number of aryl methyl sites for hydroxylation is 1. The number of fused-ring (bicyclic) bond motifs is 3. The standard InChI is InChI=1S/C21H21FN2O4S.C3H4O2/c22-14-5-8-16(9-6-14)29(27,28)23-15-7-10-20-18(13-15)17-3-1-2-4-19(17)24(20)12-11-21(25)26;1-2-3(4)5/h1-6,8-9,15,23H,7,10-13H2,(H,25,26);2H,1H2,(H,4,5)/t15-;/m1./s1. The first-order valence-corrected chi connectivity index (χ1v) is 12.0. The minimum absolute atomic E-state index is 0.0335. The molecule has 0 saturated carbocycles. The van der Waals surface area contributed by atoms with E-state index >= 15 is 0 Å². The Balaban J connectivity index is 0.000000588. The summed E-state index contributed by atoms with van der Waals surface area (Å²) in [5.41, 5.74) is 3.11. The lowest BCUT2D eigenvalue weighted by Gasteiger charge is -2.25. The molecule has 3 aromatic rings. The Kier molecular flexibility index (Phi) is 7.85. The van der Waals surface area contributed by atoms with E-state index in [1.54, 1.807) is 0 Å². The fourth-order valence-electron chi connectivity index (χ4n) is 4.07. The number of para-hydroxylation sites is 1. The molecule has 0 saturated heterocycles. The number of nitrogens with zero attached hydrogens (tertiary/aromatic N) is 1. The number of rotatable bonds is 7. The van der Waals surface area contributed by atoms with E-state index in [1.165, 1.54) is 12.1 Å². The number of nitrogens with one attached hydrogen (secondary N) is 1. The highest BCUT2D eigenvalue weighted by molar-refractivity contribution is 7.89. The Morgan fingerprint density at radius 1 is 1.15 bits per heavy atom. The molecule has 1 aliphatic carbocycles. The van der Waals surface area contributed by atoms with Gasteiger partial charge in [-0.3, -0.25) is 4.79 Å². The van der Waals surface area contributed by atoms with E-state index in [9.17, 15) is 22.4 Å². The van der Waals surface area contributed by atoms with E-state index in [0.717, 1.165) is 40.4 Å². The minimum Gasteiger partial charge on any atom is -0.481 e. The Bertz CT molecular complexity index is 1320. The van der Waals surface area contributed by atoms with Gasteiger partial charge < -0.3 is 14.8 Å². The van der Waals surface area contributed by atoms with Crippen LogP contribution in [0.1, 0.15) is 24.1 Å². The topological polar surface area (TPSA) is 126 Å². The largest absolute Gasteiger partial charge is 0.481 e. The van der Waals surface area contributed by atoms with Crippen molar-refractivity contribution in [2.75, 3.05) is 0 Å². The van der Waals surface area contributed by atoms with Crippen LogP contribution in [-0.2, 0) is 39.0 Å². The molecule has 0 aliphatic heterocycles. The van der Waals surface area contributed by atoms with Crippen molar-refractivity contribution in [2.24, 2.45) is 0 Å². The molecule has 3 N–H and O–H groups in total. The lowest BCUT2D eigenvalue weighted by Crippen LogP contribution is -2.39. The number of hydrogen-bond acceptors (Lipinski definition) is 4. The third kappa shape index (κ3) is 5.89. The molecule has 1 heterocycles. The fourth-order valence-corrected chi connectivity index (χ4v) is 5.34. The monoisotopic (exact) mass is 488 g/mol. The molecule has 0 radical (unpaired) electrons. The number of carboxylic acid groups (broad SMARTS) is 2. The smallest absolute Gasteiger partial charge is 0.327 e. The Morgan fingerprint density at radius 3 is 2.41 bits per heavy atom. The average molecular weight is 489 g/mol. The zero-order valence-electron chi connectivity index (χ0n) is 18.3. The van der Waals surface area contributed by atoms with Crippen LogP contribution in [0.2, 0.25) is 0 Å². The van der Waals surface area contributed by atoms with Crippen LogP contribution in [0.5, 0.6) is 0 Å². The van der Waals surface area contributed by atoms with Gasteiger partial charge in [-0.25, -0.2) is 22.3 Å². The first kappa shape index (κ1) is 25.1. The van der Waals surface area contributed by atoms with Crippen LogP contribution in [0, 0.1) is 5.82 Å². The maximum atomic E-state index is 13.1. The summed E-state index contributed by atoms with van der Waals surface area (Å²) < 4.78 is 43.2. The van der Waals surface area contributed by atoms with Crippen molar-refractivity contribution >= 4 is 32.9 Å². The van der Waals surface area contributed by atoms with E-state index < -0.39 is 27.8 Å². The zero-order chi connectivity index (χ0) is 24.9. The summed E-state index contributed by atoms with van der Waals surface area (Å²) >= 11 is 0. The number of aromatic nitrogens is 1. The number of hydrogen-bond donors (Lipinski definition) is 3. The predicted octanol–water partition coefficient (Wildman–Crippen LogP) is 3.35. The highest BCUT2D eigenvalue weighted by atomic mass is 32.2. The molecular weight excluding hydrogens is 463 g/mol. The normalized spacial score (nSPS) is 15.1. The van der Waals surface area contributed by atoms with Crippen molar-refractivity contribution in [3.63, 3.8) is 0 Å². The van der Waals surface area contributed by atoms with Crippen LogP contribution in [0.4, 0.5) is 4.39 Å². The maximum Gasteiger partial charge on any atom is 0.327 e. The molecule has 2 aromatic carbocycles. The second-order valence-corrected chi connectivity index (χ2v) is 9.51. The molecule has 1 aromatic heterocycles. The van der Waals surface area contributed by atoms with Gasteiger partial charge in [0.15, 0.2) is 0 Å². The van der Waals surface area contributed by atoms with Gasteiger partial charge in [0, 0.05) is 35.3 Å². The Labute approximate surface area is 196 Å². The quantitative estimate of drug-likeness (QED) is 0.438. The zero-order valence-corrected chi connectivity index (χ0v) is 19.1. The van der Waals surface area contributed by atoms with Crippen molar-refractivity contribution in [2.45, 2.75) is 43.2 Å². The van der Waals surface area contributed by atoms with E-state index in [1.807, 2.05) is 28.8 Å². The molecule has 34 heavy (non-hydrogen) atoms. The molecule has 0 bridgehead atoms. The number of benzene rings is 2. The lowest BCUT2D eigenvalue weighted by molar-refractivity contribution is -0.137. The van der Waals surface area contributed by atoms with E-state index in [0.29, 0.717) is 25.8 Å². The van der Waals surface area contributed by atoms with Crippen molar-refractivity contribution in [1.82, 2.24) is 9.29 Å². The Morgan fingerprint density at radius 2 is 1.79 bits per heavy atom. The first-order chi connectivity index (χ1) is 16.1. The number of carbonyl (C=O) groups is 2. The number of sulfonamides is 1. The molecule has 180 valence electrons. The van der Waals surface area contributed by atoms with Gasteiger partial charge in [0.25, 0.3) is 0 Å². The number of aliphatic carboxylic acids is 2. The van der Waals surface area contributed by atoms with Gasteiger partial charge in [0.1, 0.15) is 5.82 Å². The summed E-state index contributed by atoms with van der Waals surface area (Å²) in [5, 5.41) is 17.7. The highest BCUT2D eigenvalue weighted by Gasteiger charge is 2.28. The number of carboxylic acids is 2. The van der Waals surface area contributed by atoms with Crippen molar-refractivity contribution < 1.29 is 32.6 Å². The molecule has 0 unspecified atom stereocenters. The minimum atomic E-state index is -3.75. The highest BCUT2D eigenvalue weighted by Crippen LogP contribution is 2.33. The van der Waals surface area contributed by atoms with Gasteiger partial charge in [-0.1, -0.05) is 24.8 Å².